The van der Waals surface area contributed by atoms with Crippen LogP contribution < -0.4 is 0 Å². The van der Waals surface area contributed by atoms with E-state index < -0.39 is 0 Å². The smallest absolute Gasteiger partial charge is 0.102 e. The third kappa shape index (κ3) is 2.96. The maximum absolute atomic E-state index is 6.18. The number of aromatic nitrogens is 2. The van der Waals surface area contributed by atoms with Crippen molar-refractivity contribution in [2.45, 2.75) is 13.0 Å². The number of halogens is 1. The van der Waals surface area contributed by atoms with E-state index in [4.69, 9.17) is 23.8 Å². The van der Waals surface area contributed by atoms with Gasteiger partial charge in [0.2, 0.25) is 0 Å². The fourth-order valence-corrected chi connectivity index (χ4v) is 2.19. The van der Waals surface area contributed by atoms with Gasteiger partial charge >= 0.3 is 0 Å². The quantitative estimate of drug-likeness (QED) is 0.806. The van der Waals surface area contributed by atoms with E-state index in [1.807, 2.05) is 67.1 Å². The number of benzene rings is 1. The maximum Gasteiger partial charge on any atom is 0.102 e. The van der Waals surface area contributed by atoms with Gasteiger partial charge in [0.05, 0.1) is 16.8 Å². The summed E-state index contributed by atoms with van der Waals surface area (Å²) in [6, 6.07) is 9.69. The third-order valence-corrected chi connectivity index (χ3v) is 3.99. The Labute approximate surface area is 123 Å². The van der Waals surface area contributed by atoms with E-state index in [1.54, 1.807) is 0 Å². The van der Waals surface area contributed by atoms with Gasteiger partial charge in [0.1, 0.15) is 4.99 Å². The van der Waals surface area contributed by atoms with Gasteiger partial charge in [-0.2, -0.15) is 5.10 Å². The molecular weight excluding hydrogens is 278 g/mol. The van der Waals surface area contributed by atoms with Crippen molar-refractivity contribution >= 4 is 28.8 Å². The number of nitrogens with zero attached hydrogens (tertiary/aromatic N) is 3. The monoisotopic (exact) mass is 293 g/mol. The number of rotatable bonds is 3. The second kappa shape index (κ2) is 5.72. The lowest BCUT2D eigenvalue weighted by atomic mass is 10.2. The number of hydrogen-bond acceptors (Lipinski definition) is 2. The van der Waals surface area contributed by atoms with Crippen LogP contribution in [0.1, 0.15) is 13.0 Å². The zero-order chi connectivity index (χ0) is 14.0. The summed E-state index contributed by atoms with van der Waals surface area (Å²) in [5.74, 6) is 0. The van der Waals surface area contributed by atoms with Crippen molar-refractivity contribution in [3.8, 4) is 11.3 Å². The molecule has 0 spiro atoms. The molecule has 0 N–H and O–H groups in total. The molecule has 0 radical (unpaired) electrons. The van der Waals surface area contributed by atoms with Crippen LogP contribution in [0, 0.1) is 0 Å². The molecule has 0 aliphatic heterocycles. The molecule has 1 heterocycles. The molecule has 2 rings (SSSR count). The first-order valence-corrected chi connectivity index (χ1v) is 6.80. The van der Waals surface area contributed by atoms with Gasteiger partial charge in [-0.25, -0.2) is 0 Å². The fourth-order valence-electron chi connectivity index (χ4n) is 1.85. The minimum Gasteiger partial charge on any atom is -0.371 e. The Kier molecular flexibility index (Phi) is 4.22. The van der Waals surface area contributed by atoms with Crippen molar-refractivity contribution < 1.29 is 0 Å². The maximum atomic E-state index is 6.18. The van der Waals surface area contributed by atoms with Gasteiger partial charge in [-0.15, -0.1) is 0 Å². The Morgan fingerprint density at radius 2 is 2.00 bits per heavy atom. The highest BCUT2D eigenvalue weighted by Gasteiger charge is 2.14. The molecule has 1 atom stereocenters. The van der Waals surface area contributed by atoms with E-state index >= 15 is 0 Å². The van der Waals surface area contributed by atoms with E-state index in [0.29, 0.717) is 5.02 Å². The Morgan fingerprint density at radius 3 is 2.63 bits per heavy atom. The van der Waals surface area contributed by atoms with E-state index in [0.717, 1.165) is 16.2 Å². The molecule has 0 saturated carbocycles. The van der Waals surface area contributed by atoms with E-state index in [1.165, 1.54) is 0 Å². The van der Waals surface area contributed by atoms with Gasteiger partial charge in [0.15, 0.2) is 0 Å². The molecule has 0 aliphatic carbocycles. The molecule has 2 aromatic rings. The van der Waals surface area contributed by atoms with Crippen LogP contribution in [0.4, 0.5) is 0 Å². The van der Waals surface area contributed by atoms with Gasteiger partial charge in [0, 0.05) is 25.9 Å². The second-order valence-corrected chi connectivity index (χ2v) is 5.39. The Bertz CT molecular complexity index is 592. The Balaban J connectivity index is 2.30. The number of hydrogen-bond donors (Lipinski definition) is 0. The van der Waals surface area contributed by atoms with Gasteiger partial charge in [-0.05, 0) is 19.1 Å². The molecule has 0 aliphatic rings. The highest BCUT2D eigenvalue weighted by Crippen LogP contribution is 2.26. The summed E-state index contributed by atoms with van der Waals surface area (Å²) in [7, 11) is 3.88. The fraction of sp³-hybridized carbons (Fsp3) is 0.286. The zero-order valence-corrected chi connectivity index (χ0v) is 12.7. The van der Waals surface area contributed by atoms with Gasteiger partial charge in [0.25, 0.3) is 0 Å². The average molecular weight is 294 g/mol. The molecule has 1 aromatic carbocycles. The van der Waals surface area contributed by atoms with Gasteiger partial charge < -0.3 is 4.90 Å². The predicted molar refractivity (Wildman–Crippen MR) is 83.7 cm³/mol. The van der Waals surface area contributed by atoms with Crippen molar-refractivity contribution in [3.05, 3.63) is 41.6 Å². The molecule has 3 nitrogen and oxygen atoms in total. The van der Waals surface area contributed by atoms with Crippen LogP contribution in [0.3, 0.4) is 0 Å². The van der Waals surface area contributed by atoms with Gasteiger partial charge in [-0.1, -0.05) is 42.0 Å². The van der Waals surface area contributed by atoms with Crippen LogP contribution in [0.2, 0.25) is 5.02 Å². The molecule has 1 unspecified atom stereocenters. The van der Waals surface area contributed by atoms with E-state index in [9.17, 15) is 0 Å². The molecule has 0 fully saturated rings. The van der Waals surface area contributed by atoms with Crippen LogP contribution >= 0.6 is 23.8 Å². The summed E-state index contributed by atoms with van der Waals surface area (Å²) in [4.78, 5) is 2.77. The SMILES string of the molecule is CC(C(=S)N(C)C)n1ccc(-c2ccccc2Cl)n1. The largest absolute Gasteiger partial charge is 0.371 e. The molecule has 100 valence electrons. The lowest BCUT2D eigenvalue weighted by Gasteiger charge is -2.20. The lowest BCUT2D eigenvalue weighted by molar-refractivity contribution is 0.532. The Morgan fingerprint density at radius 1 is 1.32 bits per heavy atom. The molecule has 19 heavy (non-hydrogen) atoms. The molecule has 0 saturated heterocycles. The van der Waals surface area contributed by atoms with Crippen LogP contribution in [-0.2, 0) is 0 Å². The first-order valence-electron chi connectivity index (χ1n) is 6.02. The highest BCUT2D eigenvalue weighted by molar-refractivity contribution is 7.80. The van der Waals surface area contributed by atoms with Crippen LogP contribution in [0.15, 0.2) is 36.5 Å². The summed E-state index contributed by atoms with van der Waals surface area (Å²) in [6.45, 7) is 2.03. The molecule has 0 amide bonds. The summed E-state index contributed by atoms with van der Waals surface area (Å²) in [6.07, 6.45) is 1.93. The van der Waals surface area contributed by atoms with Crippen molar-refractivity contribution in [1.29, 1.82) is 0 Å². The van der Waals surface area contributed by atoms with Crippen molar-refractivity contribution in [2.24, 2.45) is 0 Å². The topological polar surface area (TPSA) is 21.1 Å². The van der Waals surface area contributed by atoms with Crippen molar-refractivity contribution in [1.82, 2.24) is 14.7 Å². The summed E-state index contributed by atoms with van der Waals surface area (Å²) in [5.41, 5.74) is 1.80. The van der Waals surface area contributed by atoms with Gasteiger partial charge in [-0.3, -0.25) is 4.68 Å². The highest BCUT2D eigenvalue weighted by atomic mass is 35.5. The minimum absolute atomic E-state index is 0.0428. The summed E-state index contributed by atoms with van der Waals surface area (Å²) in [5, 5.41) is 5.27. The molecule has 0 bridgehead atoms. The number of thiocarbonyl (C=S) groups is 1. The third-order valence-electron chi connectivity index (χ3n) is 2.95. The normalized spacial score (nSPS) is 12.2. The minimum atomic E-state index is 0.0428. The van der Waals surface area contributed by atoms with Crippen molar-refractivity contribution in [3.63, 3.8) is 0 Å². The standard InChI is InChI=1S/C14H16ClN3S/c1-10(14(19)17(2)3)18-9-8-13(16-18)11-6-4-5-7-12(11)15/h4-10H,1-3H3. The van der Waals surface area contributed by atoms with Crippen LogP contribution in [-0.4, -0.2) is 33.8 Å². The zero-order valence-electron chi connectivity index (χ0n) is 11.2. The summed E-state index contributed by atoms with van der Waals surface area (Å²) < 4.78 is 1.86. The lowest BCUT2D eigenvalue weighted by Crippen LogP contribution is -2.28. The first-order chi connectivity index (χ1) is 9.00. The van der Waals surface area contributed by atoms with Crippen molar-refractivity contribution in [2.75, 3.05) is 14.1 Å². The van der Waals surface area contributed by atoms with E-state index in [-0.39, 0.29) is 6.04 Å². The molecular formula is C14H16ClN3S. The van der Waals surface area contributed by atoms with E-state index in [2.05, 4.69) is 5.10 Å². The average Bonchev–Trinajstić information content (AvgIpc) is 2.86. The van der Waals surface area contributed by atoms with Crippen LogP contribution in [0.5, 0.6) is 0 Å². The molecule has 1 aromatic heterocycles. The summed E-state index contributed by atoms with van der Waals surface area (Å²) >= 11 is 11.6. The predicted octanol–water partition coefficient (Wildman–Crippen LogP) is 3.65. The molecule has 5 heteroatoms. The van der Waals surface area contributed by atoms with Crippen LogP contribution in [0.25, 0.3) is 11.3 Å². The second-order valence-electron chi connectivity index (χ2n) is 4.57. The first kappa shape index (κ1) is 14.0. The Hall–Kier alpha value is -1.39. The number of likely N-dealkylation sites (N-methyl/N-ethyl adjacent to an activating group) is 1.